The molecule has 6 nitrogen and oxygen atoms in total. The molecule has 1 aliphatic rings. The Bertz CT molecular complexity index is 877. The number of aromatic nitrogens is 2. The number of amides is 2. The number of carbonyl (C=O) groups excluding carboxylic acids is 2. The second-order valence-corrected chi connectivity index (χ2v) is 8.11. The van der Waals surface area contributed by atoms with Crippen molar-refractivity contribution in [3.8, 4) is 0 Å². The zero-order valence-electron chi connectivity index (χ0n) is 16.4. The number of benzene rings is 1. The van der Waals surface area contributed by atoms with Crippen molar-refractivity contribution in [1.29, 1.82) is 0 Å². The van der Waals surface area contributed by atoms with E-state index in [4.69, 9.17) is 0 Å². The molecule has 3 rings (SSSR count). The third-order valence-electron chi connectivity index (χ3n) is 5.10. The molecule has 0 bridgehead atoms. The van der Waals surface area contributed by atoms with Gasteiger partial charge in [0.25, 0.3) is 0 Å². The predicted octanol–water partition coefficient (Wildman–Crippen LogP) is 3.22. The molecular formula is C20H26N4O2S. The van der Waals surface area contributed by atoms with Crippen LogP contribution < -0.4 is 5.32 Å². The highest BCUT2D eigenvalue weighted by Crippen LogP contribution is 2.27. The van der Waals surface area contributed by atoms with Crippen molar-refractivity contribution in [1.82, 2.24) is 14.7 Å². The Labute approximate surface area is 164 Å². The zero-order valence-corrected chi connectivity index (χ0v) is 17.3. The molecule has 1 aliphatic heterocycles. The summed E-state index contributed by atoms with van der Waals surface area (Å²) in [6.45, 7) is 9.69. The maximum absolute atomic E-state index is 13.1. The van der Waals surface area contributed by atoms with Gasteiger partial charge in [0.2, 0.25) is 11.8 Å². The van der Waals surface area contributed by atoms with Crippen LogP contribution in [0.4, 0.5) is 5.69 Å². The molecule has 1 aromatic carbocycles. The van der Waals surface area contributed by atoms with Crippen LogP contribution in [0.1, 0.15) is 35.5 Å². The summed E-state index contributed by atoms with van der Waals surface area (Å²) in [6, 6.07) is 6.88. The van der Waals surface area contributed by atoms with Crippen LogP contribution in [0, 0.1) is 27.7 Å². The molecule has 2 aromatic rings. The molecule has 0 spiro atoms. The summed E-state index contributed by atoms with van der Waals surface area (Å²) in [5.41, 5.74) is 4.80. The zero-order chi connectivity index (χ0) is 19.7. The number of thioether (sulfide) groups is 1. The highest BCUT2D eigenvalue weighted by Gasteiger charge is 2.37. The summed E-state index contributed by atoms with van der Waals surface area (Å²) in [7, 11) is 0. The molecule has 0 aliphatic carbocycles. The molecule has 1 fully saturated rings. The molecule has 2 unspecified atom stereocenters. The lowest BCUT2D eigenvalue weighted by Crippen LogP contribution is -2.47. The van der Waals surface area contributed by atoms with Gasteiger partial charge in [-0.05, 0) is 57.9 Å². The largest absolute Gasteiger partial charge is 0.324 e. The van der Waals surface area contributed by atoms with Crippen molar-refractivity contribution in [2.24, 2.45) is 0 Å². The SMILES string of the molecule is Cc1cc(C)n(C(C)C(=O)N2CSCC2C(=O)Nc2cccc(C)c2C)n1. The summed E-state index contributed by atoms with van der Waals surface area (Å²) in [5.74, 6) is 0.912. The van der Waals surface area contributed by atoms with Crippen molar-refractivity contribution in [3.63, 3.8) is 0 Å². The maximum atomic E-state index is 13.1. The molecular weight excluding hydrogens is 360 g/mol. The highest BCUT2D eigenvalue weighted by atomic mass is 32.2. The fourth-order valence-corrected chi connectivity index (χ4v) is 4.53. The number of aryl methyl sites for hydroxylation is 3. The van der Waals surface area contributed by atoms with Crippen LogP contribution >= 0.6 is 11.8 Å². The van der Waals surface area contributed by atoms with Crippen molar-refractivity contribution in [2.45, 2.75) is 46.7 Å². The molecule has 0 saturated carbocycles. The van der Waals surface area contributed by atoms with E-state index in [-0.39, 0.29) is 11.8 Å². The second-order valence-electron chi connectivity index (χ2n) is 7.11. The number of nitrogens with zero attached hydrogens (tertiary/aromatic N) is 3. The maximum Gasteiger partial charge on any atom is 0.248 e. The molecule has 27 heavy (non-hydrogen) atoms. The van der Waals surface area contributed by atoms with Crippen molar-refractivity contribution in [3.05, 3.63) is 46.8 Å². The van der Waals surface area contributed by atoms with Gasteiger partial charge in [-0.25, -0.2) is 0 Å². The quantitative estimate of drug-likeness (QED) is 0.876. The number of hydrogen-bond donors (Lipinski definition) is 1. The van der Waals surface area contributed by atoms with Gasteiger partial charge in [0.15, 0.2) is 0 Å². The van der Waals surface area contributed by atoms with E-state index < -0.39 is 12.1 Å². The van der Waals surface area contributed by atoms with E-state index in [0.29, 0.717) is 11.6 Å². The Morgan fingerprint density at radius 2 is 2.00 bits per heavy atom. The van der Waals surface area contributed by atoms with Crippen LogP contribution in [0.3, 0.4) is 0 Å². The van der Waals surface area contributed by atoms with Gasteiger partial charge >= 0.3 is 0 Å². The standard InChI is InChI=1S/C20H26N4O2S/c1-12-7-6-8-17(15(12)4)21-19(25)18-10-27-11-23(18)20(26)16(5)24-14(3)9-13(2)22-24/h6-9,16,18H,10-11H2,1-5H3,(H,21,25). The van der Waals surface area contributed by atoms with Crippen LogP contribution in [0.15, 0.2) is 24.3 Å². The van der Waals surface area contributed by atoms with Crippen LogP contribution in [0.25, 0.3) is 0 Å². The van der Waals surface area contributed by atoms with Crippen molar-refractivity contribution < 1.29 is 9.59 Å². The molecule has 7 heteroatoms. The Morgan fingerprint density at radius 1 is 1.26 bits per heavy atom. The molecule has 0 radical (unpaired) electrons. The predicted molar refractivity (Wildman–Crippen MR) is 109 cm³/mol. The van der Waals surface area contributed by atoms with E-state index in [1.807, 2.05) is 58.9 Å². The number of hydrogen-bond acceptors (Lipinski definition) is 4. The van der Waals surface area contributed by atoms with Crippen LogP contribution in [0.5, 0.6) is 0 Å². The molecule has 1 N–H and O–H groups in total. The average molecular weight is 387 g/mol. The highest BCUT2D eigenvalue weighted by molar-refractivity contribution is 7.99. The lowest BCUT2D eigenvalue weighted by atomic mass is 10.1. The van der Waals surface area contributed by atoms with E-state index in [9.17, 15) is 9.59 Å². The number of rotatable bonds is 4. The molecule has 2 atom stereocenters. The minimum Gasteiger partial charge on any atom is -0.324 e. The van der Waals surface area contributed by atoms with Gasteiger partial charge in [-0.1, -0.05) is 12.1 Å². The number of carbonyl (C=O) groups is 2. The van der Waals surface area contributed by atoms with Crippen LogP contribution in [0.2, 0.25) is 0 Å². The topological polar surface area (TPSA) is 67.2 Å². The fourth-order valence-electron chi connectivity index (χ4n) is 3.36. The van der Waals surface area contributed by atoms with Crippen LogP contribution in [-0.2, 0) is 9.59 Å². The minimum atomic E-state index is -0.471. The lowest BCUT2D eigenvalue weighted by molar-refractivity contribution is -0.139. The van der Waals surface area contributed by atoms with Gasteiger partial charge in [-0.3, -0.25) is 14.3 Å². The molecule has 144 valence electrons. The van der Waals surface area contributed by atoms with E-state index in [1.54, 1.807) is 21.3 Å². The van der Waals surface area contributed by atoms with Gasteiger partial charge in [0.05, 0.1) is 11.6 Å². The summed E-state index contributed by atoms with van der Waals surface area (Å²) in [6.07, 6.45) is 0. The molecule has 2 heterocycles. The Balaban J connectivity index is 1.76. The third-order valence-corrected chi connectivity index (χ3v) is 6.11. The summed E-state index contributed by atoms with van der Waals surface area (Å²) in [4.78, 5) is 27.6. The van der Waals surface area contributed by atoms with E-state index in [0.717, 1.165) is 28.2 Å². The summed E-state index contributed by atoms with van der Waals surface area (Å²) in [5, 5.41) is 7.43. The third kappa shape index (κ3) is 3.88. The number of anilines is 1. The van der Waals surface area contributed by atoms with Crippen LogP contribution in [-0.4, -0.2) is 44.2 Å². The van der Waals surface area contributed by atoms with Crippen molar-refractivity contribution >= 4 is 29.3 Å². The normalized spacial score (nSPS) is 17.8. The monoisotopic (exact) mass is 386 g/mol. The fraction of sp³-hybridized carbons (Fsp3) is 0.450. The Morgan fingerprint density at radius 3 is 2.67 bits per heavy atom. The first-order valence-electron chi connectivity index (χ1n) is 9.07. The number of nitrogens with one attached hydrogen (secondary N) is 1. The first kappa shape index (κ1) is 19.5. The lowest BCUT2D eigenvalue weighted by Gasteiger charge is -2.27. The molecule has 2 amide bonds. The van der Waals surface area contributed by atoms with E-state index in [2.05, 4.69) is 10.4 Å². The average Bonchev–Trinajstić information content (AvgIpc) is 3.24. The smallest absolute Gasteiger partial charge is 0.248 e. The van der Waals surface area contributed by atoms with Gasteiger partial charge in [0.1, 0.15) is 12.1 Å². The summed E-state index contributed by atoms with van der Waals surface area (Å²) < 4.78 is 1.74. The van der Waals surface area contributed by atoms with Gasteiger partial charge < -0.3 is 10.2 Å². The van der Waals surface area contributed by atoms with Gasteiger partial charge in [0, 0.05) is 17.1 Å². The summed E-state index contributed by atoms with van der Waals surface area (Å²) >= 11 is 1.60. The van der Waals surface area contributed by atoms with E-state index in [1.165, 1.54) is 0 Å². The molecule has 1 aromatic heterocycles. The minimum absolute atomic E-state index is 0.0766. The van der Waals surface area contributed by atoms with Crippen molar-refractivity contribution in [2.75, 3.05) is 16.9 Å². The molecule has 1 saturated heterocycles. The Kier molecular flexibility index (Phi) is 5.60. The van der Waals surface area contributed by atoms with Gasteiger partial charge in [-0.2, -0.15) is 5.10 Å². The first-order valence-corrected chi connectivity index (χ1v) is 10.2. The van der Waals surface area contributed by atoms with Gasteiger partial charge in [-0.15, -0.1) is 11.8 Å². The Hall–Kier alpha value is -2.28. The van der Waals surface area contributed by atoms with E-state index >= 15 is 0 Å². The second kappa shape index (κ2) is 7.76. The first-order chi connectivity index (χ1) is 12.8.